The van der Waals surface area contributed by atoms with Crippen molar-refractivity contribution in [2.75, 3.05) is 0 Å². The highest BCUT2D eigenvalue weighted by Gasteiger charge is 2.16. The van der Waals surface area contributed by atoms with Crippen LogP contribution in [0.4, 0.5) is 13.2 Å². The zero-order valence-electron chi connectivity index (χ0n) is 8.32. The summed E-state index contributed by atoms with van der Waals surface area (Å²) >= 11 is 0. The molecule has 0 unspecified atom stereocenters. The fourth-order valence-electron chi connectivity index (χ4n) is 1.22. The van der Waals surface area contributed by atoms with Gasteiger partial charge in [0.05, 0.1) is 12.0 Å². The number of aliphatic carboxylic acids is 1. The predicted molar refractivity (Wildman–Crippen MR) is 49.8 cm³/mol. The third-order valence-electron chi connectivity index (χ3n) is 1.86. The largest absolute Gasteiger partial charge is 0.481 e. The van der Waals surface area contributed by atoms with Crippen LogP contribution in [0.2, 0.25) is 0 Å². The first-order valence-electron chi connectivity index (χ1n) is 4.38. The Morgan fingerprint density at radius 2 is 2.12 bits per heavy atom. The molecule has 0 spiro atoms. The normalized spacial score (nSPS) is 10.4. The summed E-state index contributed by atoms with van der Waals surface area (Å²) in [5.41, 5.74) is -0.607. The SMILES string of the molecule is O=Cc1cc(CC(=O)O)c(OC(F)F)cc1F. The topological polar surface area (TPSA) is 63.6 Å². The van der Waals surface area contributed by atoms with Gasteiger partial charge in [0.1, 0.15) is 11.6 Å². The van der Waals surface area contributed by atoms with E-state index >= 15 is 0 Å². The molecule has 92 valence electrons. The molecule has 0 saturated carbocycles. The Morgan fingerprint density at radius 1 is 1.47 bits per heavy atom. The van der Waals surface area contributed by atoms with E-state index in [-0.39, 0.29) is 11.8 Å². The molecule has 1 rings (SSSR count). The minimum atomic E-state index is -3.20. The zero-order chi connectivity index (χ0) is 13.0. The fourth-order valence-corrected chi connectivity index (χ4v) is 1.22. The van der Waals surface area contributed by atoms with Gasteiger partial charge in [-0.3, -0.25) is 9.59 Å². The van der Waals surface area contributed by atoms with Crippen molar-refractivity contribution in [3.8, 4) is 5.75 Å². The van der Waals surface area contributed by atoms with E-state index in [0.717, 1.165) is 6.07 Å². The number of hydrogen-bond donors (Lipinski definition) is 1. The Labute approximate surface area is 93.6 Å². The lowest BCUT2D eigenvalue weighted by Gasteiger charge is -2.10. The number of hydrogen-bond acceptors (Lipinski definition) is 3. The molecule has 0 saturated heterocycles. The van der Waals surface area contributed by atoms with Crippen LogP contribution in [0.1, 0.15) is 15.9 Å². The molecule has 0 amide bonds. The van der Waals surface area contributed by atoms with E-state index in [0.29, 0.717) is 6.07 Å². The Balaban J connectivity index is 3.20. The lowest BCUT2D eigenvalue weighted by molar-refractivity contribution is -0.136. The molecule has 0 heterocycles. The lowest BCUT2D eigenvalue weighted by Crippen LogP contribution is -2.09. The first kappa shape index (κ1) is 13.0. The summed E-state index contributed by atoms with van der Waals surface area (Å²) in [6, 6.07) is 1.43. The van der Waals surface area contributed by atoms with E-state index in [1.165, 1.54) is 0 Å². The summed E-state index contributed by atoms with van der Waals surface area (Å²) in [7, 11) is 0. The molecule has 0 aliphatic rings. The molecule has 17 heavy (non-hydrogen) atoms. The summed E-state index contributed by atoms with van der Waals surface area (Å²) in [6.07, 6.45) is -0.490. The van der Waals surface area contributed by atoms with Crippen molar-refractivity contribution in [2.45, 2.75) is 13.0 Å². The highest BCUT2D eigenvalue weighted by molar-refractivity contribution is 5.78. The lowest BCUT2D eigenvalue weighted by atomic mass is 10.1. The van der Waals surface area contributed by atoms with Gasteiger partial charge in [-0.1, -0.05) is 0 Å². The van der Waals surface area contributed by atoms with Crippen molar-refractivity contribution in [3.63, 3.8) is 0 Å². The Bertz CT molecular complexity index is 445. The average Bonchev–Trinajstić information content (AvgIpc) is 2.20. The van der Waals surface area contributed by atoms with Crippen LogP contribution in [-0.2, 0) is 11.2 Å². The van der Waals surface area contributed by atoms with E-state index in [4.69, 9.17) is 5.11 Å². The summed E-state index contributed by atoms with van der Waals surface area (Å²) in [6.45, 7) is -3.20. The minimum Gasteiger partial charge on any atom is -0.481 e. The molecule has 0 atom stereocenters. The molecule has 4 nitrogen and oxygen atoms in total. The number of carbonyl (C=O) groups excluding carboxylic acids is 1. The van der Waals surface area contributed by atoms with Gasteiger partial charge in [-0.05, 0) is 6.07 Å². The molecule has 0 aliphatic heterocycles. The van der Waals surface area contributed by atoms with E-state index in [1.807, 2.05) is 0 Å². The molecule has 0 fully saturated rings. The number of carbonyl (C=O) groups is 2. The maximum atomic E-state index is 13.1. The molecular weight excluding hydrogens is 241 g/mol. The molecule has 1 aromatic carbocycles. The number of benzene rings is 1. The van der Waals surface area contributed by atoms with Gasteiger partial charge < -0.3 is 9.84 Å². The monoisotopic (exact) mass is 248 g/mol. The second-order valence-electron chi connectivity index (χ2n) is 3.05. The zero-order valence-corrected chi connectivity index (χ0v) is 8.32. The van der Waals surface area contributed by atoms with Gasteiger partial charge in [0.25, 0.3) is 0 Å². The Kier molecular flexibility index (Phi) is 4.08. The van der Waals surface area contributed by atoms with Crippen LogP contribution in [0.15, 0.2) is 12.1 Å². The van der Waals surface area contributed by atoms with E-state index < -0.39 is 36.1 Å². The molecule has 0 radical (unpaired) electrons. The number of carboxylic acids is 1. The van der Waals surface area contributed by atoms with Crippen molar-refractivity contribution >= 4 is 12.3 Å². The second-order valence-corrected chi connectivity index (χ2v) is 3.05. The first-order valence-corrected chi connectivity index (χ1v) is 4.38. The van der Waals surface area contributed by atoms with Gasteiger partial charge >= 0.3 is 12.6 Å². The summed E-state index contributed by atoms with van der Waals surface area (Å²) in [4.78, 5) is 20.9. The number of rotatable bonds is 5. The smallest absolute Gasteiger partial charge is 0.387 e. The van der Waals surface area contributed by atoms with Gasteiger partial charge in [-0.2, -0.15) is 8.78 Å². The Hall–Kier alpha value is -2.05. The molecule has 0 aliphatic carbocycles. The number of aldehydes is 1. The maximum Gasteiger partial charge on any atom is 0.387 e. The van der Waals surface area contributed by atoms with Crippen molar-refractivity contribution in [1.29, 1.82) is 0 Å². The third kappa shape index (κ3) is 3.47. The van der Waals surface area contributed by atoms with Crippen LogP contribution in [0.5, 0.6) is 5.75 Å². The second kappa shape index (κ2) is 5.33. The minimum absolute atomic E-state index is 0.160. The number of ether oxygens (including phenoxy) is 1. The van der Waals surface area contributed by atoms with Crippen molar-refractivity contribution in [2.24, 2.45) is 0 Å². The molecular formula is C10H7F3O4. The van der Waals surface area contributed by atoms with Gasteiger partial charge in [-0.25, -0.2) is 4.39 Å². The quantitative estimate of drug-likeness (QED) is 0.808. The van der Waals surface area contributed by atoms with E-state index in [2.05, 4.69) is 4.74 Å². The predicted octanol–water partition coefficient (Wildman–Crippen LogP) is 1.87. The van der Waals surface area contributed by atoms with Crippen molar-refractivity contribution in [1.82, 2.24) is 0 Å². The van der Waals surface area contributed by atoms with Crippen molar-refractivity contribution in [3.05, 3.63) is 29.1 Å². The molecule has 0 bridgehead atoms. The molecule has 7 heteroatoms. The van der Waals surface area contributed by atoms with Gasteiger partial charge in [0.2, 0.25) is 0 Å². The molecule has 0 aromatic heterocycles. The van der Waals surface area contributed by atoms with Gasteiger partial charge in [-0.15, -0.1) is 0 Å². The van der Waals surface area contributed by atoms with Crippen LogP contribution in [0.25, 0.3) is 0 Å². The highest BCUT2D eigenvalue weighted by atomic mass is 19.3. The molecule has 1 aromatic rings. The third-order valence-corrected chi connectivity index (χ3v) is 1.86. The van der Waals surface area contributed by atoms with E-state index in [1.54, 1.807) is 0 Å². The summed E-state index contributed by atoms with van der Waals surface area (Å²) < 4.78 is 41.1. The van der Waals surface area contributed by atoms with Crippen LogP contribution >= 0.6 is 0 Å². The Morgan fingerprint density at radius 3 is 2.59 bits per heavy atom. The average molecular weight is 248 g/mol. The van der Waals surface area contributed by atoms with Crippen LogP contribution in [0.3, 0.4) is 0 Å². The fraction of sp³-hybridized carbons (Fsp3) is 0.200. The highest BCUT2D eigenvalue weighted by Crippen LogP contribution is 2.24. The number of alkyl halides is 2. The van der Waals surface area contributed by atoms with Gasteiger partial charge in [0, 0.05) is 11.6 Å². The number of carboxylic acid groups (broad SMARTS) is 1. The van der Waals surface area contributed by atoms with Crippen LogP contribution in [-0.4, -0.2) is 24.0 Å². The maximum absolute atomic E-state index is 13.1. The van der Waals surface area contributed by atoms with E-state index in [9.17, 15) is 22.8 Å². The standard InChI is InChI=1S/C10H7F3O4/c11-7-3-8(17-10(12)13)5(2-9(15)16)1-6(7)4-14/h1,3-4,10H,2H2,(H,15,16). The first-order chi connectivity index (χ1) is 7.93. The number of halogens is 3. The van der Waals surface area contributed by atoms with Gasteiger partial charge in [0.15, 0.2) is 6.29 Å². The summed E-state index contributed by atoms with van der Waals surface area (Å²) in [5.74, 6) is -2.96. The van der Waals surface area contributed by atoms with Crippen LogP contribution < -0.4 is 4.74 Å². The van der Waals surface area contributed by atoms with Crippen LogP contribution in [0, 0.1) is 5.82 Å². The molecule has 1 N–H and O–H groups in total. The van der Waals surface area contributed by atoms with Crippen molar-refractivity contribution < 1.29 is 32.6 Å². The summed E-state index contributed by atoms with van der Waals surface area (Å²) in [5, 5.41) is 8.53.